The number of benzene rings is 1. The molecule has 4 amide bonds. The van der Waals surface area contributed by atoms with Gasteiger partial charge in [0.25, 0.3) is 0 Å². The highest BCUT2D eigenvalue weighted by molar-refractivity contribution is 5.92. The van der Waals surface area contributed by atoms with E-state index in [0.717, 1.165) is 12.1 Å². The predicted molar refractivity (Wildman–Crippen MR) is 121 cm³/mol. The first-order valence-corrected chi connectivity index (χ1v) is 11.1. The van der Waals surface area contributed by atoms with Crippen molar-refractivity contribution in [2.45, 2.75) is 58.5 Å². The Labute approximate surface area is 197 Å². The number of nitrogens with one attached hydrogen (secondary N) is 3. The van der Waals surface area contributed by atoms with Crippen molar-refractivity contribution >= 4 is 29.5 Å². The number of rotatable bonds is 8. The highest BCUT2D eigenvalue weighted by Crippen LogP contribution is 2.25. The van der Waals surface area contributed by atoms with Crippen LogP contribution < -0.4 is 16.0 Å². The highest BCUT2D eigenvalue weighted by Gasteiger charge is 2.43. The van der Waals surface area contributed by atoms with Gasteiger partial charge in [-0.1, -0.05) is 20.8 Å². The Morgan fingerprint density at radius 3 is 2.50 bits per heavy atom. The van der Waals surface area contributed by atoms with Gasteiger partial charge in [-0.2, -0.15) is 0 Å². The SMILES string of the molecule is COC(=O)CCCNC(=O)C1C(NC(=O)Nc2ccc(F)cc2F)CCN1C(=O)CC(C)(C)C. The number of hydrogen-bond acceptors (Lipinski definition) is 5. The Hall–Kier alpha value is -3.24. The molecule has 188 valence electrons. The largest absolute Gasteiger partial charge is 0.469 e. The number of carbonyl (C=O) groups is 4. The fourth-order valence-electron chi connectivity index (χ4n) is 3.67. The average molecular weight is 483 g/mol. The first-order chi connectivity index (χ1) is 15.9. The van der Waals surface area contributed by atoms with Crippen molar-refractivity contribution in [3.8, 4) is 0 Å². The number of hydrogen-bond donors (Lipinski definition) is 3. The molecule has 1 saturated heterocycles. The molecule has 1 fully saturated rings. The van der Waals surface area contributed by atoms with Crippen molar-refractivity contribution in [2.24, 2.45) is 5.41 Å². The third-order valence-electron chi connectivity index (χ3n) is 5.25. The smallest absolute Gasteiger partial charge is 0.319 e. The Bertz CT molecular complexity index is 919. The number of likely N-dealkylation sites (tertiary alicyclic amines) is 1. The van der Waals surface area contributed by atoms with E-state index in [-0.39, 0.29) is 42.9 Å². The summed E-state index contributed by atoms with van der Waals surface area (Å²) >= 11 is 0. The summed E-state index contributed by atoms with van der Waals surface area (Å²) in [7, 11) is 1.28. The molecule has 1 heterocycles. The minimum absolute atomic E-state index is 0.126. The number of ether oxygens (including phenoxy) is 1. The molecule has 0 aliphatic carbocycles. The molecular weight excluding hydrogens is 450 g/mol. The third kappa shape index (κ3) is 7.96. The normalized spacial score (nSPS) is 17.8. The van der Waals surface area contributed by atoms with Crippen LogP contribution in [0.3, 0.4) is 0 Å². The van der Waals surface area contributed by atoms with E-state index in [2.05, 4.69) is 20.7 Å². The van der Waals surface area contributed by atoms with E-state index >= 15 is 0 Å². The van der Waals surface area contributed by atoms with Gasteiger partial charge in [-0.05, 0) is 30.4 Å². The Balaban J connectivity index is 2.09. The van der Waals surface area contributed by atoms with Gasteiger partial charge in [-0.25, -0.2) is 13.6 Å². The van der Waals surface area contributed by atoms with Gasteiger partial charge in [0.1, 0.15) is 17.7 Å². The molecule has 0 spiro atoms. The van der Waals surface area contributed by atoms with Crippen LogP contribution in [0.2, 0.25) is 0 Å². The summed E-state index contributed by atoms with van der Waals surface area (Å²) in [6.45, 7) is 6.16. The van der Waals surface area contributed by atoms with E-state index in [4.69, 9.17) is 0 Å². The Morgan fingerprint density at radius 1 is 1.18 bits per heavy atom. The van der Waals surface area contributed by atoms with Crippen molar-refractivity contribution in [1.82, 2.24) is 15.5 Å². The quantitative estimate of drug-likeness (QED) is 0.389. The van der Waals surface area contributed by atoms with Gasteiger partial charge in [-0.3, -0.25) is 14.4 Å². The number of carbonyl (C=O) groups excluding carboxylic acids is 4. The van der Waals surface area contributed by atoms with Crippen LogP contribution in [0.4, 0.5) is 19.3 Å². The zero-order valence-corrected chi connectivity index (χ0v) is 19.9. The number of nitrogens with zero attached hydrogens (tertiary/aromatic N) is 1. The molecule has 0 aromatic heterocycles. The lowest BCUT2D eigenvalue weighted by molar-refractivity contribution is -0.141. The lowest BCUT2D eigenvalue weighted by Crippen LogP contribution is -2.55. The van der Waals surface area contributed by atoms with Crippen molar-refractivity contribution in [3.63, 3.8) is 0 Å². The molecule has 1 aromatic rings. The van der Waals surface area contributed by atoms with Crippen LogP contribution in [-0.4, -0.2) is 61.0 Å². The van der Waals surface area contributed by atoms with Gasteiger partial charge >= 0.3 is 12.0 Å². The van der Waals surface area contributed by atoms with Gasteiger partial charge in [0, 0.05) is 32.0 Å². The lowest BCUT2D eigenvalue weighted by atomic mass is 9.91. The second kappa shape index (κ2) is 11.8. The Morgan fingerprint density at radius 2 is 1.88 bits per heavy atom. The summed E-state index contributed by atoms with van der Waals surface area (Å²) in [4.78, 5) is 51.1. The fraction of sp³-hybridized carbons (Fsp3) is 0.565. The van der Waals surface area contributed by atoms with E-state index in [0.29, 0.717) is 18.9 Å². The first kappa shape index (κ1) is 27.0. The van der Waals surface area contributed by atoms with Crippen LogP contribution in [0.5, 0.6) is 0 Å². The minimum Gasteiger partial charge on any atom is -0.469 e. The Kier molecular flexibility index (Phi) is 9.34. The fourth-order valence-corrected chi connectivity index (χ4v) is 3.67. The summed E-state index contributed by atoms with van der Waals surface area (Å²) in [5, 5.41) is 7.63. The molecule has 2 atom stereocenters. The summed E-state index contributed by atoms with van der Waals surface area (Å²) < 4.78 is 31.6. The zero-order valence-electron chi connectivity index (χ0n) is 19.9. The number of urea groups is 1. The van der Waals surface area contributed by atoms with E-state index in [1.54, 1.807) is 0 Å². The molecule has 2 rings (SSSR count). The van der Waals surface area contributed by atoms with Crippen LogP contribution in [0.15, 0.2) is 18.2 Å². The molecule has 9 nitrogen and oxygen atoms in total. The second-order valence-electron chi connectivity index (χ2n) is 9.36. The van der Waals surface area contributed by atoms with Crippen molar-refractivity contribution in [3.05, 3.63) is 29.8 Å². The molecule has 1 aliphatic heterocycles. The molecule has 34 heavy (non-hydrogen) atoms. The average Bonchev–Trinajstić information content (AvgIpc) is 3.15. The van der Waals surface area contributed by atoms with Crippen LogP contribution in [0.25, 0.3) is 0 Å². The molecule has 3 N–H and O–H groups in total. The molecular formula is C23H32F2N4O5. The van der Waals surface area contributed by atoms with Gasteiger partial charge in [-0.15, -0.1) is 0 Å². The number of amides is 4. The van der Waals surface area contributed by atoms with Crippen LogP contribution in [0, 0.1) is 17.0 Å². The van der Waals surface area contributed by atoms with Gasteiger partial charge in [0.05, 0.1) is 18.8 Å². The maximum atomic E-state index is 13.9. The van der Waals surface area contributed by atoms with E-state index in [1.807, 2.05) is 20.8 Å². The predicted octanol–water partition coefficient (Wildman–Crippen LogP) is 2.56. The number of esters is 1. The summed E-state index contributed by atoms with van der Waals surface area (Å²) in [6, 6.07) is 0.242. The number of anilines is 1. The second-order valence-corrected chi connectivity index (χ2v) is 9.36. The highest BCUT2D eigenvalue weighted by atomic mass is 19.1. The monoisotopic (exact) mass is 482 g/mol. The zero-order chi connectivity index (χ0) is 25.5. The molecule has 1 aromatic carbocycles. The summed E-state index contributed by atoms with van der Waals surface area (Å²) in [5.41, 5.74) is -0.525. The van der Waals surface area contributed by atoms with E-state index in [9.17, 15) is 28.0 Å². The topological polar surface area (TPSA) is 117 Å². The van der Waals surface area contributed by atoms with Gasteiger partial charge in [0.2, 0.25) is 11.8 Å². The molecule has 0 bridgehead atoms. The standard InChI is InChI=1S/C23H32F2N4O5/c1-23(2,3)13-18(30)29-11-9-17(20(29)21(32)26-10-5-6-19(31)34-4)28-22(33)27-16-8-7-14(24)12-15(16)25/h7-8,12,17,20H,5-6,9-11,13H2,1-4H3,(H,26,32)(H2,27,28,33). The molecule has 0 saturated carbocycles. The van der Waals surface area contributed by atoms with Crippen LogP contribution >= 0.6 is 0 Å². The molecule has 1 aliphatic rings. The van der Waals surface area contributed by atoms with Gasteiger partial charge in [0.15, 0.2) is 0 Å². The minimum atomic E-state index is -0.975. The van der Waals surface area contributed by atoms with E-state index in [1.165, 1.54) is 12.0 Å². The van der Waals surface area contributed by atoms with Gasteiger partial charge < -0.3 is 25.6 Å². The van der Waals surface area contributed by atoms with Crippen molar-refractivity contribution in [2.75, 3.05) is 25.5 Å². The van der Waals surface area contributed by atoms with Crippen LogP contribution in [0.1, 0.15) is 46.5 Å². The van der Waals surface area contributed by atoms with Crippen molar-refractivity contribution in [1.29, 1.82) is 0 Å². The lowest BCUT2D eigenvalue weighted by Gasteiger charge is -2.30. The van der Waals surface area contributed by atoms with Crippen LogP contribution in [-0.2, 0) is 19.1 Å². The summed E-state index contributed by atoms with van der Waals surface area (Å²) in [5.74, 6) is -2.82. The number of halogens is 2. The first-order valence-electron chi connectivity index (χ1n) is 11.1. The number of methoxy groups -OCH3 is 1. The summed E-state index contributed by atoms with van der Waals surface area (Å²) in [6.07, 6.45) is 0.999. The maximum Gasteiger partial charge on any atom is 0.319 e. The van der Waals surface area contributed by atoms with Crippen molar-refractivity contribution < 1.29 is 32.7 Å². The third-order valence-corrected chi connectivity index (χ3v) is 5.25. The maximum absolute atomic E-state index is 13.9. The molecule has 2 unspecified atom stereocenters. The molecule has 11 heteroatoms. The van der Waals surface area contributed by atoms with E-state index < -0.39 is 41.6 Å². The molecule has 0 radical (unpaired) electrons.